The van der Waals surface area contributed by atoms with Gasteiger partial charge in [-0.1, -0.05) is 36.4 Å². The van der Waals surface area contributed by atoms with Crippen LogP contribution in [0, 0.1) is 12.8 Å². The number of carbonyl (C=O) groups is 1. The number of nitrogens with one attached hydrogen (secondary N) is 1. The first-order valence-electron chi connectivity index (χ1n) is 8.34. The number of aryl methyl sites for hydroxylation is 1. The number of fused-ring (bicyclic) bond motifs is 1. The highest BCUT2D eigenvalue weighted by molar-refractivity contribution is 5.93. The van der Waals surface area contributed by atoms with E-state index in [9.17, 15) is 4.79 Å². The Bertz CT molecular complexity index is 902. The number of ether oxygens (including phenoxy) is 1. The highest BCUT2D eigenvalue weighted by Gasteiger charge is 2.27. The largest absolute Gasteiger partial charge is 0.492 e. The van der Waals surface area contributed by atoms with Gasteiger partial charge in [0, 0.05) is 5.56 Å². The molecular weight excluding hydrogens is 314 g/mol. The molecular formula is C20H19N3O2. The third-order valence-electron chi connectivity index (χ3n) is 4.44. The van der Waals surface area contributed by atoms with Crippen LogP contribution in [0.15, 0.2) is 60.8 Å². The molecule has 0 saturated carbocycles. The van der Waals surface area contributed by atoms with Crippen molar-refractivity contribution in [1.29, 1.82) is 0 Å². The molecule has 2 heterocycles. The summed E-state index contributed by atoms with van der Waals surface area (Å²) in [5, 5.41) is 7.43. The van der Waals surface area contributed by atoms with E-state index in [1.807, 2.05) is 61.5 Å². The van der Waals surface area contributed by atoms with E-state index in [1.165, 1.54) is 0 Å². The average Bonchev–Trinajstić information content (AvgIpc) is 3.02. The number of aromatic nitrogens is 2. The molecule has 1 atom stereocenters. The van der Waals surface area contributed by atoms with E-state index in [1.54, 1.807) is 10.9 Å². The topological polar surface area (TPSA) is 56.2 Å². The summed E-state index contributed by atoms with van der Waals surface area (Å²) in [4.78, 5) is 12.8. The summed E-state index contributed by atoms with van der Waals surface area (Å²) in [6.07, 6.45) is 2.44. The number of hydrogen-bond donors (Lipinski definition) is 1. The zero-order valence-corrected chi connectivity index (χ0v) is 14.0. The molecule has 0 bridgehead atoms. The summed E-state index contributed by atoms with van der Waals surface area (Å²) in [5.41, 5.74) is 2.91. The molecule has 5 nitrogen and oxygen atoms in total. The Hall–Kier alpha value is -3.08. The first-order valence-corrected chi connectivity index (χ1v) is 8.34. The van der Waals surface area contributed by atoms with Gasteiger partial charge in [0.25, 0.3) is 0 Å². The summed E-state index contributed by atoms with van der Waals surface area (Å²) >= 11 is 0. The van der Waals surface area contributed by atoms with E-state index in [0.717, 1.165) is 22.6 Å². The number of para-hydroxylation sites is 2. The third kappa shape index (κ3) is 3.01. The van der Waals surface area contributed by atoms with Crippen LogP contribution < -0.4 is 10.1 Å². The maximum absolute atomic E-state index is 12.8. The van der Waals surface area contributed by atoms with Crippen molar-refractivity contribution >= 4 is 11.7 Å². The minimum Gasteiger partial charge on any atom is -0.492 e. The van der Waals surface area contributed by atoms with Crippen LogP contribution in [-0.2, 0) is 11.2 Å². The molecule has 1 aromatic heterocycles. The number of amides is 1. The molecule has 0 saturated heterocycles. The Morgan fingerprint density at radius 1 is 1.16 bits per heavy atom. The van der Waals surface area contributed by atoms with E-state index in [2.05, 4.69) is 10.4 Å². The number of benzene rings is 2. The monoisotopic (exact) mass is 333 g/mol. The number of rotatable bonds is 3. The number of hydrogen-bond acceptors (Lipinski definition) is 3. The van der Waals surface area contributed by atoms with Crippen molar-refractivity contribution in [3.8, 4) is 11.4 Å². The molecule has 1 aliphatic rings. The average molecular weight is 333 g/mol. The second-order valence-electron chi connectivity index (χ2n) is 6.23. The van der Waals surface area contributed by atoms with Gasteiger partial charge < -0.3 is 10.1 Å². The molecule has 2 aromatic carbocycles. The molecule has 5 heteroatoms. The predicted octanol–water partition coefficient (Wildman–Crippen LogP) is 3.37. The molecule has 3 aromatic rings. The van der Waals surface area contributed by atoms with Crippen LogP contribution in [0.2, 0.25) is 0 Å². The first kappa shape index (κ1) is 15.4. The fraction of sp³-hybridized carbons (Fsp3) is 0.200. The van der Waals surface area contributed by atoms with E-state index in [4.69, 9.17) is 4.74 Å². The van der Waals surface area contributed by atoms with E-state index in [-0.39, 0.29) is 11.8 Å². The van der Waals surface area contributed by atoms with Gasteiger partial charge in [-0.2, -0.15) is 5.10 Å². The fourth-order valence-electron chi connectivity index (χ4n) is 3.06. The van der Waals surface area contributed by atoms with Crippen LogP contribution in [0.1, 0.15) is 11.1 Å². The molecule has 0 aliphatic carbocycles. The smallest absolute Gasteiger partial charge is 0.232 e. The molecule has 1 amide bonds. The van der Waals surface area contributed by atoms with E-state index < -0.39 is 0 Å². The quantitative estimate of drug-likeness (QED) is 0.799. The predicted molar refractivity (Wildman–Crippen MR) is 96.1 cm³/mol. The molecule has 0 radical (unpaired) electrons. The lowest BCUT2D eigenvalue weighted by Gasteiger charge is -2.24. The SMILES string of the molecule is Cc1cnn(-c2ccccc2)c1NC(=O)[C@H]1COc2ccccc2C1. The minimum atomic E-state index is -0.214. The van der Waals surface area contributed by atoms with Gasteiger partial charge >= 0.3 is 0 Å². The lowest BCUT2D eigenvalue weighted by atomic mass is 9.96. The van der Waals surface area contributed by atoms with Crippen molar-refractivity contribution < 1.29 is 9.53 Å². The van der Waals surface area contributed by atoms with Gasteiger partial charge in [-0.15, -0.1) is 0 Å². The van der Waals surface area contributed by atoms with Gasteiger partial charge in [-0.05, 0) is 37.1 Å². The third-order valence-corrected chi connectivity index (χ3v) is 4.44. The van der Waals surface area contributed by atoms with E-state index >= 15 is 0 Å². The van der Waals surface area contributed by atoms with Crippen molar-refractivity contribution in [2.45, 2.75) is 13.3 Å². The number of nitrogens with zero attached hydrogens (tertiary/aromatic N) is 2. The molecule has 1 N–H and O–H groups in total. The van der Waals surface area contributed by atoms with Gasteiger partial charge in [-0.25, -0.2) is 4.68 Å². The minimum absolute atomic E-state index is 0.0460. The highest BCUT2D eigenvalue weighted by atomic mass is 16.5. The number of carbonyl (C=O) groups excluding carboxylic acids is 1. The number of anilines is 1. The van der Waals surface area contributed by atoms with Crippen molar-refractivity contribution in [2.75, 3.05) is 11.9 Å². The van der Waals surface area contributed by atoms with E-state index in [0.29, 0.717) is 18.8 Å². The van der Waals surface area contributed by atoms with Crippen LogP contribution in [0.3, 0.4) is 0 Å². The molecule has 0 fully saturated rings. The van der Waals surface area contributed by atoms with Crippen LogP contribution in [0.5, 0.6) is 5.75 Å². The van der Waals surface area contributed by atoms with Crippen LogP contribution in [0.25, 0.3) is 5.69 Å². The Morgan fingerprint density at radius 3 is 2.76 bits per heavy atom. The van der Waals surface area contributed by atoms with Gasteiger partial charge in [0.15, 0.2) is 0 Å². The summed E-state index contributed by atoms with van der Waals surface area (Å²) in [6, 6.07) is 17.6. The maximum atomic E-state index is 12.8. The van der Waals surface area contributed by atoms with Crippen LogP contribution >= 0.6 is 0 Å². The van der Waals surface area contributed by atoms with Gasteiger partial charge in [0.1, 0.15) is 18.2 Å². The van der Waals surface area contributed by atoms with Gasteiger partial charge in [-0.3, -0.25) is 4.79 Å². The standard InChI is InChI=1S/C20H19N3O2/c1-14-12-21-23(17-8-3-2-4-9-17)19(14)22-20(24)16-11-15-7-5-6-10-18(15)25-13-16/h2-10,12,16H,11,13H2,1H3,(H,22,24)/t16-/m1/s1. The molecule has 4 rings (SSSR count). The summed E-state index contributed by atoms with van der Waals surface area (Å²) in [5.74, 6) is 1.32. The normalized spacial score (nSPS) is 16.0. The zero-order chi connectivity index (χ0) is 17.2. The van der Waals surface area contributed by atoms with Crippen molar-refractivity contribution in [2.24, 2.45) is 5.92 Å². The van der Waals surface area contributed by atoms with Gasteiger partial charge in [0.05, 0.1) is 17.8 Å². The second-order valence-corrected chi connectivity index (χ2v) is 6.23. The molecule has 0 spiro atoms. The first-order chi connectivity index (χ1) is 12.2. The Morgan fingerprint density at radius 2 is 1.92 bits per heavy atom. The fourth-order valence-corrected chi connectivity index (χ4v) is 3.06. The molecule has 25 heavy (non-hydrogen) atoms. The maximum Gasteiger partial charge on any atom is 0.232 e. The Kier molecular flexibility index (Phi) is 3.98. The summed E-state index contributed by atoms with van der Waals surface area (Å²) in [6.45, 7) is 2.33. The Balaban J connectivity index is 1.55. The Labute approximate surface area is 146 Å². The summed E-state index contributed by atoms with van der Waals surface area (Å²) in [7, 11) is 0. The van der Waals surface area contributed by atoms with Crippen molar-refractivity contribution in [3.05, 3.63) is 71.9 Å². The summed E-state index contributed by atoms with van der Waals surface area (Å²) < 4.78 is 7.49. The van der Waals surface area contributed by atoms with Crippen LogP contribution in [-0.4, -0.2) is 22.3 Å². The van der Waals surface area contributed by atoms with Crippen molar-refractivity contribution in [3.63, 3.8) is 0 Å². The highest BCUT2D eigenvalue weighted by Crippen LogP contribution is 2.28. The zero-order valence-electron chi connectivity index (χ0n) is 14.0. The van der Waals surface area contributed by atoms with Crippen molar-refractivity contribution in [1.82, 2.24) is 9.78 Å². The molecule has 0 unspecified atom stereocenters. The van der Waals surface area contributed by atoms with Gasteiger partial charge in [0.2, 0.25) is 5.91 Å². The molecule has 126 valence electrons. The lowest BCUT2D eigenvalue weighted by molar-refractivity contribution is -0.121. The lowest BCUT2D eigenvalue weighted by Crippen LogP contribution is -2.33. The second kappa shape index (κ2) is 6.43. The van der Waals surface area contributed by atoms with Crippen LogP contribution in [0.4, 0.5) is 5.82 Å². The molecule has 1 aliphatic heterocycles.